The molecular formula is C12H26Cl2NTi. The molecule has 1 saturated carbocycles. The van der Waals surface area contributed by atoms with Gasteiger partial charge in [0.25, 0.3) is 0 Å². The van der Waals surface area contributed by atoms with Crippen molar-refractivity contribution >= 4 is 24.8 Å². The monoisotopic (exact) mass is 302 g/mol. The molecule has 0 heterocycles. The first-order valence-corrected chi connectivity index (χ1v) is 7.14. The van der Waals surface area contributed by atoms with Crippen molar-refractivity contribution in [3.8, 4) is 0 Å². The Balaban J connectivity index is 0. The average molecular weight is 303 g/mol. The molecule has 97 valence electrons. The van der Waals surface area contributed by atoms with Crippen molar-refractivity contribution in [1.29, 1.82) is 0 Å². The Morgan fingerprint density at radius 2 is 0.938 bits per heavy atom. The zero-order valence-corrected chi connectivity index (χ0v) is 13.4. The van der Waals surface area contributed by atoms with Gasteiger partial charge in [0.2, 0.25) is 0 Å². The molecular weight excluding hydrogens is 277 g/mol. The van der Waals surface area contributed by atoms with Gasteiger partial charge >= 0.3 is 101 Å². The van der Waals surface area contributed by atoms with Crippen LogP contribution < -0.4 is 3.80 Å². The standard InChI is InChI=1S/C12H24N.2ClH.Ti/c13-12-10-8-6-4-2-1-3-5-7-9-11-12;;;/h12-13H,1-11H2;2*1H;/q-1;;;+1. The molecule has 1 aliphatic rings. The molecule has 1 aliphatic carbocycles. The molecule has 1 nitrogen and oxygen atoms in total. The second-order valence-corrected chi connectivity index (χ2v) is 5.05. The summed E-state index contributed by atoms with van der Waals surface area (Å²) in [5.41, 5.74) is 0. The number of halogens is 2. The Bertz CT molecular complexity index is 124. The molecule has 1 fully saturated rings. The van der Waals surface area contributed by atoms with Crippen LogP contribution >= 0.6 is 24.8 Å². The first-order chi connectivity index (χ1) is 6.93. The van der Waals surface area contributed by atoms with Gasteiger partial charge in [0, 0.05) is 0 Å². The van der Waals surface area contributed by atoms with Crippen LogP contribution in [0.1, 0.15) is 70.6 Å². The van der Waals surface area contributed by atoms with Crippen molar-refractivity contribution in [2.45, 2.75) is 76.7 Å². The molecule has 0 aromatic carbocycles. The second kappa shape index (κ2) is 14.3. The van der Waals surface area contributed by atoms with Crippen molar-refractivity contribution in [2.75, 3.05) is 0 Å². The third-order valence-electron chi connectivity index (χ3n) is 3.31. The van der Waals surface area contributed by atoms with Crippen molar-refractivity contribution in [3.63, 3.8) is 0 Å². The van der Waals surface area contributed by atoms with Gasteiger partial charge < -0.3 is 0 Å². The van der Waals surface area contributed by atoms with Gasteiger partial charge in [0.15, 0.2) is 0 Å². The van der Waals surface area contributed by atoms with Crippen LogP contribution in [0.15, 0.2) is 0 Å². The first kappa shape index (κ1) is 19.6. The Kier molecular flexibility index (Phi) is 17.5. The fraction of sp³-hybridized carbons (Fsp3) is 1.00. The first-order valence-electron chi connectivity index (χ1n) is 6.36. The summed E-state index contributed by atoms with van der Waals surface area (Å²) >= 11 is 2.12. The molecule has 0 radical (unpaired) electrons. The van der Waals surface area contributed by atoms with Gasteiger partial charge in [-0.3, -0.25) is 0 Å². The number of hydrogen-bond donors (Lipinski definition) is 1. The molecule has 0 unspecified atom stereocenters. The molecule has 0 aliphatic heterocycles. The molecule has 0 spiro atoms. The third kappa shape index (κ3) is 10.4. The van der Waals surface area contributed by atoms with Crippen LogP contribution in [-0.2, 0) is 20.7 Å². The molecule has 0 bridgehead atoms. The summed E-state index contributed by atoms with van der Waals surface area (Å²) < 4.78 is 3.46. The molecule has 0 atom stereocenters. The van der Waals surface area contributed by atoms with E-state index in [2.05, 4.69) is 24.5 Å². The van der Waals surface area contributed by atoms with Crippen LogP contribution in [-0.4, -0.2) is 6.04 Å². The second-order valence-electron chi connectivity index (χ2n) is 4.60. The van der Waals surface area contributed by atoms with Gasteiger partial charge in [-0.05, 0) is 0 Å². The van der Waals surface area contributed by atoms with Crippen molar-refractivity contribution in [2.24, 2.45) is 0 Å². The Morgan fingerprint density at radius 3 is 1.25 bits per heavy atom. The van der Waals surface area contributed by atoms with Gasteiger partial charge in [-0.25, -0.2) is 0 Å². The van der Waals surface area contributed by atoms with Gasteiger partial charge in [-0.1, -0.05) is 0 Å². The van der Waals surface area contributed by atoms with Gasteiger partial charge in [-0.15, -0.1) is 24.8 Å². The van der Waals surface area contributed by atoms with E-state index in [1.165, 1.54) is 70.6 Å². The summed E-state index contributed by atoms with van der Waals surface area (Å²) in [7, 11) is 0. The van der Waals surface area contributed by atoms with E-state index in [0.717, 1.165) is 6.04 Å². The summed E-state index contributed by atoms with van der Waals surface area (Å²) in [5.74, 6) is 0. The van der Waals surface area contributed by atoms with E-state index < -0.39 is 0 Å². The fourth-order valence-electron chi connectivity index (χ4n) is 2.31. The van der Waals surface area contributed by atoms with Crippen molar-refractivity contribution in [1.82, 2.24) is 3.80 Å². The summed E-state index contributed by atoms with van der Waals surface area (Å²) in [5, 5.41) is 0. The third-order valence-corrected chi connectivity index (χ3v) is 3.95. The van der Waals surface area contributed by atoms with E-state index in [4.69, 9.17) is 0 Å². The quantitative estimate of drug-likeness (QED) is 0.700. The minimum atomic E-state index is 0. The zero-order chi connectivity index (χ0) is 10.1. The number of hydrogen-bond acceptors (Lipinski definition) is 1. The summed E-state index contributed by atoms with van der Waals surface area (Å²) in [6, 6.07) is 0.800. The maximum absolute atomic E-state index is 3.46. The normalized spacial score (nSPS) is 20.7. The Labute approximate surface area is 125 Å². The van der Waals surface area contributed by atoms with E-state index in [1.807, 2.05) is 0 Å². The molecule has 1 rings (SSSR count). The number of nitrogens with one attached hydrogen (secondary N) is 1. The molecule has 0 amide bonds. The summed E-state index contributed by atoms with van der Waals surface area (Å²) in [6.07, 6.45) is 16.0. The number of rotatable bonds is 1. The predicted octanol–water partition coefficient (Wildman–Crippen LogP) is 4.55. The molecule has 0 aromatic rings. The van der Waals surface area contributed by atoms with Crippen LogP contribution in [0.25, 0.3) is 0 Å². The minimum absolute atomic E-state index is 0. The SMILES string of the molecule is Cl.Cl.[Ti][NH]C1CCCCCCCCCCC1. The molecule has 16 heavy (non-hydrogen) atoms. The molecule has 1 N–H and O–H groups in total. The van der Waals surface area contributed by atoms with Crippen LogP contribution in [0.3, 0.4) is 0 Å². The van der Waals surface area contributed by atoms with Crippen LogP contribution in [0, 0.1) is 0 Å². The van der Waals surface area contributed by atoms with E-state index in [0.29, 0.717) is 0 Å². The molecule has 0 saturated heterocycles. The summed E-state index contributed by atoms with van der Waals surface area (Å²) in [6.45, 7) is 0. The van der Waals surface area contributed by atoms with Gasteiger partial charge in [0.1, 0.15) is 0 Å². The average Bonchev–Trinajstić information content (AvgIpc) is 2.19. The van der Waals surface area contributed by atoms with Crippen LogP contribution in [0.2, 0.25) is 0 Å². The Hall–Kier alpha value is 1.25. The molecule has 4 heteroatoms. The van der Waals surface area contributed by atoms with Gasteiger partial charge in [-0.2, -0.15) is 0 Å². The van der Waals surface area contributed by atoms with Crippen LogP contribution in [0.4, 0.5) is 0 Å². The van der Waals surface area contributed by atoms with E-state index in [1.54, 1.807) is 0 Å². The van der Waals surface area contributed by atoms with Crippen LogP contribution in [0.5, 0.6) is 0 Å². The zero-order valence-electron chi connectivity index (χ0n) is 10.2. The van der Waals surface area contributed by atoms with Gasteiger partial charge in [0.05, 0.1) is 0 Å². The van der Waals surface area contributed by atoms with E-state index >= 15 is 0 Å². The predicted molar refractivity (Wildman–Crippen MR) is 72.2 cm³/mol. The Morgan fingerprint density at radius 1 is 0.625 bits per heavy atom. The molecule has 0 aromatic heterocycles. The van der Waals surface area contributed by atoms with E-state index in [-0.39, 0.29) is 24.8 Å². The summed E-state index contributed by atoms with van der Waals surface area (Å²) in [4.78, 5) is 0. The topological polar surface area (TPSA) is 12.0 Å². The van der Waals surface area contributed by atoms with E-state index in [9.17, 15) is 0 Å². The van der Waals surface area contributed by atoms with Crippen molar-refractivity contribution in [3.05, 3.63) is 0 Å². The maximum atomic E-state index is 3.46. The fourth-order valence-corrected chi connectivity index (χ4v) is 2.76. The van der Waals surface area contributed by atoms with Crippen molar-refractivity contribution < 1.29 is 20.7 Å².